The maximum atomic E-state index is 12.9. The summed E-state index contributed by atoms with van der Waals surface area (Å²) in [5.74, 6) is 0.297. The second-order valence-electron chi connectivity index (χ2n) is 8.67. The van der Waals surface area contributed by atoms with Crippen molar-refractivity contribution in [3.63, 3.8) is 0 Å². The smallest absolute Gasteiger partial charge is 0.253 e. The van der Waals surface area contributed by atoms with Crippen molar-refractivity contribution in [2.24, 2.45) is 5.92 Å². The zero-order chi connectivity index (χ0) is 24.0. The van der Waals surface area contributed by atoms with Crippen molar-refractivity contribution in [2.75, 3.05) is 39.5 Å². The number of likely N-dealkylation sites (tertiary alicyclic amines) is 1. The van der Waals surface area contributed by atoms with E-state index in [4.69, 9.17) is 4.74 Å². The zero-order valence-corrected chi connectivity index (χ0v) is 20.3. The van der Waals surface area contributed by atoms with Gasteiger partial charge >= 0.3 is 0 Å². The number of carbonyl (C=O) groups is 2. The summed E-state index contributed by atoms with van der Waals surface area (Å²) in [6.07, 6.45) is 3.36. The van der Waals surface area contributed by atoms with Gasteiger partial charge < -0.3 is 14.5 Å². The molecule has 1 atom stereocenters. The molecule has 1 fully saturated rings. The summed E-state index contributed by atoms with van der Waals surface area (Å²) < 4.78 is 29.0. The van der Waals surface area contributed by atoms with Gasteiger partial charge in [-0.05, 0) is 56.5 Å². The number of rotatable bonds is 8. The first-order chi connectivity index (χ1) is 15.6. The summed E-state index contributed by atoms with van der Waals surface area (Å²) in [5, 5.41) is 0. The zero-order valence-electron chi connectivity index (χ0n) is 19.5. The fourth-order valence-corrected chi connectivity index (χ4v) is 4.61. The minimum absolute atomic E-state index is 0.0279. The van der Waals surface area contributed by atoms with Crippen molar-refractivity contribution in [1.29, 1.82) is 0 Å². The largest absolute Gasteiger partial charge is 0.493 e. The summed E-state index contributed by atoms with van der Waals surface area (Å²) in [6.45, 7) is 3.98. The maximum Gasteiger partial charge on any atom is 0.253 e. The second kappa shape index (κ2) is 10.8. The molecule has 178 valence electrons. The molecule has 2 amide bonds. The number of hydrogen-bond acceptors (Lipinski definition) is 5. The lowest BCUT2D eigenvalue weighted by molar-refractivity contribution is -0.135. The summed E-state index contributed by atoms with van der Waals surface area (Å²) in [6, 6.07) is 13.9. The third-order valence-electron chi connectivity index (χ3n) is 5.87. The number of nitrogens with zero attached hydrogens (tertiary/aromatic N) is 2. The molecule has 2 aromatic carbocycles. The number of piperidine rings is 1. The summed E-state index contributed by atoms with van der Waals surface area (Å²) >= 11 is 0. The van der Waals surface area contributed by atoms with E-state index in [1.807, 2.05) is 31.2 Å². The molecular weight excluding hydrogens is 440 g/mol. The molecule has 33 heavy (non-hydrogen) atoms. The molecule has 3 rings (SSSR count). The van der Waals surface area contributed by atoms with Crippen LogP contribution in [0.15, 0.2) is 53.4 Å². The topological polar surface area (TPSA) is 84.0 Å². The molecule has 8 heteroatoms. The quantitative estimate of drug-likeness (QED) is 0.551. The van der Waals surface area contributed by atoms with Crippen molar-refractivity contribution in [2.45, 2.75) is 31.1 Å². The highest BCUT2D eigenvalue weighted by Gasteiger charge is 2.30. The van der Waals surface area contributed by atoms with E-state index in [1.54, 1.807) is 29.0 Å². The Morgan fingerprint density at radius 1 is 1.15 bits per heavy atom. The molecule has 0 saturated carbocycles. The first-order valence-electron chi connectivity index (χ1n) is 11.2. The predicted molar refractivity (Wildman–Crippen MR) is 127 cm³/mol. The van der Waals surface area contributed by atoms with E-state index in [9.17, 15) is 18.0 Å². The lowest BCUT2D eigenvalue weighted by Crippen LogP contribution is -2.46. The number of carbonyl (C=O) groups excluding carboxylic acids is 2. The Morgan fingerprint density at radius 3 is 2.58 bits per heavy atom. The first-order valence-corrected chi connectivity index (χ1v) is 13.1. The van der Waals surface area contributed by atoms with E-state index in [1.165, 1.54) is 12.1 Å². The van der Waals surface area contributed by atoms with Gasteiger partial charge in [0.15, 0.2) is 9.84 Å². The Hall–Kier alpha value is -2.87. The van der Waals surface area contributed by atoms with Crippen LogP contribution in [0.5, 0.6) is 5.75 Å². The van der Waals surface area contributed by atoms with E-state index in [-0.39, 0.29) is 22.6 Å². The van der Waals surface area contributed by atoms with Crippen LogP contribution in [0.1, 0.15) is 35.2 Å². The molecule has 0 spiro atoms. The lowest BCUT2D eigenvalue weighted by Gasteiger charge is -2.34. The Kier molecular flexibility index (Phi) is 8.13. The summed E-state index contributed by atoms with van der Waals surface area (Å²) in [7, 11) is -1.51. The van der Waals surface area contributed by atoms with Crippen molar-refractivity contribution < 1.29 is 22.7 Å². The molecule has 0 bridgehead atoms. The normalized spacial score (nSPS) is 16.3. The van der Waals surface area contributed by atoms with Gasteiger partial charge in [-0.25, -0.2) is 8.42 Å². The van der Waals surface area contributed by atoms with E-state index in [2.05, 4.69) is 0 Å². The second-order valence-corrected chi connectivity index (χ2v) is 10.7. The van der Waals surface area contributed by atoms with Crippen LogP contribution in [0.3, 0.4) is 0 Å². The number of hydrogen-bond donors (Lipinski definition) is 0. The fourth-order valence-electron chi connectivity index (χ4n) is 3.95. The average Bonchev–Trinajstić information content (AvgIpc) is 2.81. The van der Waals surface area contributed by atoms with Gasteiger partial charge in [0.25, 0.3) is 5.91 Å². The number of ether oxygens (including phenoxy) is 1. The highest BCUT2D eigenvalue weighted by molar-refractivity contribution is 7.90. The van der Waals surface area contributed by atoms with Crippen molar-refractivity contribution >= 4 is 21.7 Å². The molecule has 1 aliphatic heterocycles. The van der Waals surface area contributed by atoms with Gasteiger partial charge in [0.2, 0.25) is 5.91 Å². The van der Waals surface area contributed by atoms with Crippen LogP contribution >= 0.6 is 0 Å². The van der Waals surface area contributed by atoms with Gasteiger partial charge in [0.1, 0.15) is 5.75 Å². The highest BCUT2D eigenvalue weighted by atomic mass is 32.2. The summed E-state index contributed by atoms with van der Waals surface area (Å²) in [5.41, 5.74) is 1.76. The molecule has 1 saturated heterocycles. The van der Waals surface area contributed by atoms with Crippen molar-refractivity contribution in [1.82, 2.24) is 9.80 Å². The van der Waals surface area contributed by atoms with Gasteiger partial charge in [-0.2, -0.15) is 0 Å². The van der Waals surface area contributed by atoms with Crippen LogP contribution < -0.4 is 4.74 Å². The van der Waals surface area contributed by atoms with Crippen molar-refractivity contribution in [3.05, 3.63) is 59.7 Å². The Morgan fingerprint density at radius 2 is 1.88 bits per heavy atom. The first kappa shape index (κ1) is 24.8. The SMILES string of the molecule is Cc1ccc(C(=O)N2CCCC(C(=O)N(C)CCCOc3cccc(S(C)(=O)=O)c3)C2)cc1. The standard InChI is InChI=1S/C25H32N2O5S/c1-19-10-12-20(13-11-19)25(29)27-15-5-7-21(18-27)24(28)26(2)14-6-16-32-22-8-4-9-23(17-22)33(3,30)31/h4,8-13,17,21H,5-7,14-16,18H2,1-3H3. The van der Waals surface area contributed by atoms with Gasteiger partial charge in [-0.15, -0.1) is 0 Å². The molecule has 0 N–H and O–H groups in total. The minimum atomic E-state index is -3.28. The predicted octanol–water partition coefficient (Wildman–Crippen LogP) is 3.18. The van der Waals surface area contributed by atoms with Crippen LogP contribution in [0.2, 0.25) is 0 Å². The fraction of sp³-hybridized carbons (Fsp3) is 0.440. The van der Waals surface area contributed by atoms with Gasteiger partial charge in [0, 0.05) is 38.5 Å². The molecule has 0 radical (unpaired) electrons. The number of amides is 2. The molecule has 1 aliphatic rings. The van der Waals surface area contributed by atoms with Crippen LogP contribution in [0.4, 0.5) is 0 Å². The van der Waals surface area contributed by atoms with E-state index < -0.39 is 9.84 Å². The van der Waals surface area contributed by atoms with Crippen LogP contribution in [0.25, 0.3) is 0 Å². The molecule has 0 aromatic heterocycles. The average molecular weight is 473 g/mol. The summed E-state index contributed by atoms with van der Waals surface area (Å²) in [4.78, 5) is 29.5. The minimum Gasteiger partial charge on any atom is -0.493 e. The van der Waals surface area contributed by atoms with Gasteiger partial charge in [-0.1, -0.05) is 23.8 Å². The number of sulfone groups is 1. The monoisotopic (exact) mass is 472 g/mol. The molecular formula is C25H32N2O5S. The molecule has 0 aliphatic carbocycles. The molecule has 1 heterocycles. The maximum absolute atomic E-state index is 12.9. The molecule has 1 unspecified atom stereocenters. The lowest BCUT2D eigenvalue weighted by atomic mass is 9.96. The highest BCUT2D eigenvalue weighted by Crippen LogP contribution is 2.21. The van der Waals surface area contributed by atoms with Gasteiger partial charge in [-0.3, -0.25) is 9.59 Å². The third-order valence-corrected chi connectivity index (χ3v) is 6.98. The van der Waals surface area contributed by atoms with Crippen molar-refractivity contribution in [3.8, 4) is 5.75 Å². The molecule has 2 aromatic rings. The van der Waals surface area contributed by atoms with Crippen LogP contribution in [-0.4, -0.2) is 69.6 Å². The van der Waals surface area contributed by atoms with E-state index in [0.717, 1.165) is 24.7 Å². The Labute approximate surface area is 196 Å². The Balaban J connectivity index is 1.47. The number of aryl methyl sites for hydroxylation is 1. The van der Waals surface area contributed by atoms with Crippen LogP contribution in [-0.2, 0) is 14.6 Å². The van der Waals surface area contributed by atoms with E-state index >= 15 is 0 Å². The number of benzene rings is 2. The van der Waals surface area contributed by atoms with E-state index in [0.29, 0.717) is 44.0 Å². The molecule has 7 nitrogen and oxygen atoms in total. The third kappa shape index (κ3) is 6.81. The van der Waals surface area contributed by atoms with Crippen LogP contribution in [0, 0.1) is 12.8 Å². The Bertz CT molecular complexity index is 1080. The van der Waals surface area contributed by atoms with Gasteiger partial charge in [0.05, 0.1) is 17.4 Å².